The van der Waals surface area contributed by atoms with Crippen LogP contribution in [0.2, 0.25) is 5.02 Å². The van der Waals surface area contributed by atoms with Crippen molar-refractivity contribution in [2.45, 2.75) is 13.0 Å². The van der Waals surface area contributed by atoms with Crippen LogP contribution in [0.1, 0.15) is 6.92 Å². The number of hydrogen-bond acceptors (Lipinski definition) is 4. The topological polar surface area (TPSA) is 78.7 Å². The number of carbonyl (C=O) groups is 2. The summed E-state index contributed by atoms with van der Waals surface area (Å²) in [4.78, 5) is 27.4. The summed E-state index contributed by atoms with van der Waals surface area (Å²) in [5, 5.41) is 3.26. The number of carbonyl (C=O) groups excluding carboxylic acids is 2. The molecule has 2 amide bonds. The highest BCUT2D eigenvalue weighted by Gasteiger charge is 2.21. The highest BCUT2D eigenvalue weighted by atomic mass is 35.5. The predicted molar refractivity (Wildman–Crippen MR) is 86.9 cm³/mol. The number of nitrogens with one attached hydrogen (secondary N) is 1. The molecule has 1 saturated heterocycles. The van der Waals surface area contributed by atoms with E-state index in [0.717, 1.165) is 18.8 Å². The maximum Gasteiger partial charge on any atom is 0.242 e. The molecule has 1 atom stereocenters. The minimum Gasteiger partial charge on any atom is -0.368 e. The lowest BCUT2D eigenvalue weighted by Crippen LogP contribution is -2.52. The summed E-state index contributed by atoms with van der Waals surface area (Å²) < 4.78 is 0. The summed E-state index contributed by atoms with van der Waals surface area (Å²) in [7, 11) is 0. The highest BCUT2D eigenvalue weighted by molar-refractivity contribution is 6.30. The SMILES string of the molecule is CC(N)C(=O)NCC(=O)N1CCN(c2ccc(Cl)cc2)CC1. The Morgan fingerprint density at radius 3 is 2.36 bits per heavy atom. The van der Waals surface area contributed by atoms with E-state index < -0.39 is 6.04 Å². The first-order valence-electron chi connectivity index (χ1n) is 7.29. The van der Waals surface area contributed by atoms with Gasteiger partial charge in [-0.05, 0) is 31.2 Å². The Morgan fingerprint density at radius 2 is 1.82 bits per heavy atom. The molecule has 1 aliphatic heterocycles. The average Bonchev–Trinajstić information content (AvgIpc) is 2.53. The molecule has 1 aromatic carbocycles. The van der Waals surface area contributed by atoms with Gasteiger partial charge in [-0.25, -0.2) is 0 Å². The van der Waals surface area contributed by atoms with Crippen LogP contribution in [0.25, 0.3) is 0 Å². The van der Waals surface area contributed by atoms with Gasteiger partial charge in [-0.2, -0.15) is 0 Å². The van der Waals surface area contributed by atoms with Gasteiger partial charge in [0, 0.05) is 36.9 Å². The number of piperazine rings is 1. The third-order valence-electron chi connectivity index (χ3n) is 3.65. The smallest absolute Gasteiger partial charge is 0.242 e. The Labute approximate surface area is 135 Å². The average molecular weight is 325 g/mol. The van der Waals surface area contributed by atoms with Gasteiger partial charge in [-0.1, -0.05) is 11.6 Å². The third kappa shape index (κ3) is 4.35. The number of anilines is 1. The number of halogens is 1. The molecule has 0 aliphatic carbocycles. The van der Waals surface area contributed by atoms with Gasteiger partial charge in [-0.15, -0.1) is 0 Å². The van der Waals surface area contributed by atoms with Crippen LogP contribution >= 0.6 is 11.6 Å². The quantitative estimate of drug-likeness (QED) is 0.843. The maximum atomic E-state index is 12.0. The van der Waals surface area contributed by atoms with E-state index in [9.17, 15) is 9.59 Å². The molecule has 0 radical (unpaired) electrons. The van der Waals surface area contributed by atoms with Crippen LogP contribution in [0.5, 0.6) is 0 Å². The Hall–Kier alpha value is -1.79. The minimum absolute atomic E-state index is 0.00131. The van der Waals surface area contributed by atoms with E-state index in [1.54, 1.807) is 11.8 Å². The summed E-state index contributed by atoms with van der Waals surface area (Å²) in [5.74, 6) is -0.391. The molecule has 0 bridgehead atoms. The standard InChI is InChI=1S/C15H21ClN4O2/c1-11(17)15(22)18-10-14(21)20-8-6-19(7-9-20)13-4-2-12(16)3-5-13/h2-5,11H,6-10,17H2,1H3,(H,18,22). The van der Waals surface area contributed by atoms with Crippen molar-refractivity contribution in [1.29, 1.82) is 0 Å². The molecule has 3 N–H and O–H groups in total. The first-order valence-corrected chi connectivity index (χ1v) is 7.67. The molecule has 1 aromatic rings. The molecule has 0 aromatic heterocycles. The van der Waals surface area contributed by atoms with Crippen LogP contribution in [-0.4, -0.2) is 55.5 Å². The Kier molecular flexibility index (Phi) is 5.63. The largest absolute Gasteiger partial charge is 0.368 e. The number of hydrogen-bond donors (Lipinski definition) is 2. The van der Waals surface area contributed by atoms with Crippen molar-refractivity contribution in [3.05, 3.63) is 29.3 Å². The van der Waals surface area contributed by atoms with E-state index >= 15 is 0 Å². The van der Waals surface area contributed by atoms with Gasteiger partial charge >= 0.3 is 0 Å². The molecule has 22 heavy (non-hydrogen) atoms. The van der Waals surface area contributed by atoms with E-state index in [4.69, 9.17) is 17.3 Å². The molecule has 1 heterocycles. The van der Waals surface area contributed by atoms with Gasteiger partial charge < -0.3 is 20.9 Å². The fourth-order valence-electron chi connectivity index (χ4n) is 2.30. The molecule has 6 nitrogen and oxygen atoms in total. The van der Waals surface area contributed by atoms with Crippen LogP contribution in [0, 0.1) is 0 Å². The Morgan fingerprint density at radius 1 is 1.23 bits per heavy atom. The number of amides is 2. The summed E-state index contributed by atoms with van der Waals surface area (Å²) in [6.07, 6.45) is 0. The molecule has 7 heteroatoms. The van der Waals surface area contributed by atoms with E-state index in [1.807, 2.05) is 24.3 Å². The molecule has 1 aliphatic rings. The lowest BCUT2D eigenvalue weighted by atomic mass is 10.2. The summed E-state index contributed by atoms with van der Waals surface area (Å²) in [6.45, 7) is 4.38. The third-order valence-corrected chi connectivity index (χ3v) is 3.90. The van der Waals surface area contributed by atoms with Crippen molar-refractivity contribution >= 4 is 29.1 Å². The molecular formula is C15H21ClN4O2. The Bertz CT molecular complexity index is 525. The first-order chi connectivity index (χ1) is 10.5. The lowest BCUT2D eigenvalue weighted by Gasteiger charge is -2.36. The summed E-state index contributed by atoms with van der Waals surface area (Å²) in [5.41, 5.74) is 6.54. The fraction of sp³-hybridized carbons (Fsp3) is 0.467. The van der Waals surface area contributed by atoms with Crippen molar-refractivity contribution in [2.24, 2.45) is 5.73 Å². The van der Waals surface area contributed by atoms with Gasteiger partial charge in [-0.3, -0.25) is 9.59 Å². The predicted octanol–water partition coefficient (Wildman–Crippen LogP) is 0.452. The highest BCUT2D eigenvalue weighted by Crippen LogP contribution is 2.19. The van der Waals surface area contributed by atoms with Crippen LogP contribution in [0.3, 0.4) is 0 Å². The van der Waals surface area contributed by atoms with E-state index in [2.05, 4.69) is 10.2 Å². The molecule has 1 unspecified atom stereocenters. The second kappa shape index (κ2) is 7.47. The molecule has 0 spiro atoms. The number of nitrogens with two attached hydrogens (primary N) is 1. The van der Waals surface area contributed by atoms with Crippen LogP contribution in [-0.2, 0) is 9.59 Å². The monoisotopic (exact) mass is 324 g/mol. The first kappa shape index (κ1) is 16.6. The maximum absolute atomic E-state index is 12.0. The molecule has 2 rings (SSSR count). The van der Waals surface area contributed by atoms with E-state index in [-0.39, 0.29) is 18.4 Å². The van der Waals surface area contributed by atoms with Crippen molar-refractivity contribution < 1.29 is 9.59 Å². The molecule has 1 fully saturated rings. The van der Waals surface area contributed by atoms with Crippen LogP contribution in [0.4, 0.5) is 5.69 Å². The molecular weight excluding hydrogens is 304 g/mol. The van der Waals surface area contributed by atoms with Gasteiger partial charge in [0.1, 0.15) is 0 Å². The normalized spacial score (nSPS) is 16.3. The van der Waals surface area contributed by atoms with E-state index in [1.165, 1.54) is 0 Å². The zero-order chi connectivity index (χ0) is 16.1. The number of nitrogens with zero attached hydrogens (tertiary/aromatic N) is 2. The van der Waals surface area contributed by atoms with Gasteiger partial charge in [0.15, 0.2) is 0 Å². The zero-order valence-corrected chi connectivity index (χ0v) is 13.3. The molecule has 0 saturated carbocycles. The van der Waals surface area contributed by atoms with Gasteiger partial charge in [0.2, 0.25) is 11.8 Å². The van der Waals surface area contributed by atoms with Gasteiger partial charge in [0.25, 0.3) is 0 Å². The second-order valence-electron chi connectivity index (χ2n) is 5.35. The minimum atomic E-state index is -0.602. The Balaban J connectivity index is 1.80. The van der Waals surface area contributed by atoms with Crippen molar-refractivity contribution in [3.8, 4) is 0 Å². The van der Waals surface area contributed by atoms with E-state index in [0.29, 0.717) is 18.1 Å². The fourth-order valence-corrected chi connectivity index (χ4v) is 2.43. The van der Waals surface area contributed by atoms with Gasteiger partial charge in [0.05, 0.1) is 12.6 Å². The lowest BCUT2D eigenvalue weighted by molar-refractivity contribution is -0.133. The second-order valence-corrected chi connectivity index (χ2v) is 5.79. The summed E-state index contributed by atoms with van der Waals surface area (Å²) in [6, 6.07) is 7.07. The summed E-state index contributed by atoms with van der Waals surface area (Å²) >= 11 is 5.88. The van der Waals surface area contributed by atoms with Crippen LogP contribution in [0.15, 0.2) is 24.3 Å². The van der Waals surface area contributed by atoms with Crippen molar-refractivity contribution in [1.82, 2.24) is 10.2 Å². The molecule has 120 valence electrons. The van der Waals surface area contributed by atoms with Crippen LogP contribution < -0.4 is 16.0 Å². The zero-order valence-electron chi connectivity index (χ0n) is 12.6. The number of rotatable bonds is 4. The van der Waals surface area contributed by atoms with Crippen molar-refractivity contribution in [3.63, 3.8) is 0 Å². The van der Waals surface area contributed by atoms with Crippen molar-refractivity contribution in [2.75, 3.05) is 37.6 Å². The number of benzene rings is 1.